The van der Waals surface area contributed by atoms with Crippen LogP contribution in [0.1, 0.15) is 13.8 Å². The van der Waals surface area contributed by atoms with Crippen LogP contribution in [-0.4, -0.2) is 10.2 Å². The zero-order valence-electron chi connectivity index (χ0n) is 5.12. The summed E-state index contributed by atoms with van der Waals surface area (Å²) in [6, 6.07) is 0. The molecule has 0 spiro atoms. The van der Waals surface area contributed by atoms with Gasteiger partial charge in [-0.25, -0.2) is 0 Å². The highest BCUT2D eigenvalue weighted by Gasteiger charge is 1.64. The Kier molecular flexibility index (Phi) is 20.1. The first kappa shape index (κ1) is 16.2. The largest absolute Gasteiger partial charge is 0.288 e. The van der Waals surface area contributed by atoms with E-state index in [-0.39, 0.29) is 22.6 Å². The topological polar surface area (TPSA) is 34.1 Å². The average Bonchev–Trinajstić information content (AvgIpc) is 1.25. The van der Waals surface area contributed by atoms with Gasteiger partial charge in [-0.3, -0.25) is 9.59 Å². The summed E-state index contributed by atoms with van der Waals surface area (Å²) < 4.78 is 0. The lowest BCUT2D eigenvalue weighted by atomic mass is 10.9. The number of hydrogen-bond acceptors (Lipinski definition) is 2. The van der Waals surface area contributed by atoms with Crippen LogP contribution in [0.15, 0.2) is 0 Å². The Morgan fingerprint density at radius 1 is 1.00 bits per heavy atom. The van der Waals surface area contributed by atoms with Crippen molar-refractivity contribution < 1.29 is 9.59 Å². The number of rotatable bonds is 0. The van der Waals surface area contributed by atoms with Crippen LogP contribution in [0.3, 0.4) is 0 Å². The average molecular weight is 189 g/mol. The van der Waals surface area contributed by atoms with E-state index in [4.69, 9.17) is 0 Å². The summed E-state index contributed by atoms with van der Waals surface area (Å²) in [5.41, 5.74) is 0. The number of hydrogen-bond donors (Lipinski definition) is 2. The van der Waals surface area contributed by atoms with Crippen molar-refractivity contribution in [2.45, 2.75) is 13.8 Å². The molecule has 0 N–H and O–H groups in total. The molecule has 0 fully saturated rings. The summed E-state index contributed by atoms with van der Waals surface area (Å²) in [5, 5.41) is -0.278. The Morgan fingerprint density at radius 3 is 1.00 bits per heavy atom. The molecule has 0 rings (SSSR count). The fourth-order valence-electron chi connectivity index (χ4n) is 0. The smallest absolute Gasteiger partial charge is 0.182 e. The normalized spacial score (nSPS) is 5.78. The molecule has 0 aliphatic heterocycles. The molecule has 0 heterocycles. The number of carbonyl (C=O) groups excluding carboxylic acids is 2. The van der Waals surface area contributed by atoms with Crippen molar-refractivity contribution in [1.82, 2.24) is 0 Å². The summed E-state index contributed by atoms with van der Waals surface area (Å²) in [6.45, 7) is 2.78. The highest BCUT2D eigenvalue weighted by atomic mass is 35.5. The van der Waals surface area contributed by atoms with Crippen LogP contribution in [0.25, 0.3) is 0 Å². The van der Waals surface area contributed by atoms with Crippen molar-refractivity contribution in [3.63, 3.8) is 0 Å². The third-order valence-electron chi connectivity index (χ3n) is 0. The molecule has 9 heavy (non-hydrogen) atoms. The first-order valence-electron chi connectivity index (χ1n) is 1.86. The lowest BCUT2D eigenvalue weighted by molar-refractivity contribution is -0.109. The van der Waals surface area contributed by atoms with Gasteiger partial charge in [0, 0.05) is 13.8 Å². The van der Waals surface area contributed by atoms with E-state index >= 15 is 0 Å². The second-order valence-corrected chi connectivity index (χ2v) is 2.30. The van der Waals surface area contributed by atoms with E-state index < -0.39 is 0 Å². The summed E-state index contributed by atoms with van der Waals surface area (Å²) >= 11 is 6.65. The van der Waals surface area contributed by atoms with Crippen molar-refractivity contribution in [3.8, 4) is 0 Å². The molecule has 0 saturated carbocycles. The molecule has 5 heteroatoms. The van der Waals surface area contributed by atoms with E-state index in [1.165, 1.54) is 13.8 Å². The van der Waals surface area contributed by atoms with Gasteiger partial charge < -0.3 is 0 Å². The molecule has 0 unspecified atom stereocenters. The molecule has 56 valence electrons. The van der Waals surface area contributed by atoms with Crippen molar-refractivity contribution in [2.24, 2.45) is 0 Å². The van der Waals surface area contributed by atoms with Gasteiger partial charge >= 0.3 is 0 Å². The minimum Gasteiger partial charge on any atom is -0.288 e. The highest BCUT2D eigenvalue weighted by Crippen LogP contribution is 1.66. The fraction of sp³-hybridized carbons (Fsp3) is 0.500. The van der Waals surface area contributed by atoms with Gasteiger partial charge in [0.25, 0.3) is 0 Å². The minimum absolute atomic E-state index is 0. The maximum atomic E-state index is 9.31. The maximum Gasteiger partial charge on any atom is 0.182 e. The van der Waals surface area contributed by atoms with Gasteiger partial charge in [0.05, 0.1) is 0 Å². The second-order valence-electron chi connectivity index (χ2n) is 1.04. The van der Waals surface area contributed by atoms with Gasteiger partial charge in [0.15, 0.2) is 10.2 Å². The standard InChI is InChI=1S/2C2H4OS.ClH/c2*1-2(3)4;/h2*1H3,(H,3,4);1H. The van der Waals surface area contributed by atoms with Gasteiger partial charge in [-0.05, 0) is 0 Å². The number of carbonyl (C=O) groups is 2. The number of halogens is 1. The minimum atomic E-state index is -0.139. The van der Waals surface area contributed by atoms with Crippen LogP contribution in [0, 0.1) is 0 Å². The molecular formula is C4H9ClO2S2. The highest BCUT2D eigenvalue weighted by molar-refractivity contribution is 7.96. The Hall–Kier alpha value is 0.330. The zero-order valence-corrected chi connectivity index (χ0v) is 7.72. The molecule has 0 aliphatic rings. The van der Waals surface area contributed by atoms with E-state index in [1.807, 2.05) is 0 Å². The summed E-state index contributed by atoms with van der Waals surface area (Å²) in [7, 11) is 0. The summed E-state index contributed by atoms with van der Waals surface area (Å²) in [5.74, 6) is 0. The first-order valence-corrected chi connectivity index (χ1v) is 2.75. The molecule has 0 amide bonds. The Labute approximate surface area is 71.6 Å². The second kappa shape index (κ2) is 11.2. The molecule has 0 radical (unpaired) electrons. The van der Waals surface area contributed by atoms with Crippen LogP contribution < -0.4 is 0 Å². The van der Waals surface area contributed by atoms with Gasteiger partial charge in [-0.1, -0.05) is 0 Å². The van der Waals surface area contributed by atoms with Gasteiger partial charge in [-0.2, -0.15) is 0 Å². The molecular weight excluding hydrogens is 180 g/mol. The fourth-order valence-corrected chi connectivity index (χ4v) is 0. The predicted octanol–water partition coefficient (Wildman–Crippen LogP) is 1.35. The Bertz CT molecular complexity index is 74.6. The van der Waals surface area contributed by atoms with Crippen LogP contribution in [0.5, 0.6) is 0 Å². The van der Waals surface area contributed by atoms with Crippen LogP contribution in [0.4, 0.5) is 0 Å². The van der Waals surface area contributed by atoms with Crippen LogP contribution in [-0.2, 0) is 9.59 Å². The summed E-state index contributed by atoms with van der Waals surface area (Å²) in [4.78, 5) is 18.6. The van der Waals surface area contributed by atoms with Crippen molar-refractivity contribution in [1.29, 1.82) is 0 Å². The van der Waals surface area contributed by atoms with Crippen LogP contribution in [0.2, 0.25) is 0 Å². The summed E-state index contributed by atoms with van der Waals surface area (Å²) in [6.07, 6.45) is 0. The molecule has 2 nitrogen and oxygen atoms in total. The molecule has 0 aromatic heterocycles. The molecule has 0 aromatic carbocycles. The van der Waals surface area contributed by atoms with Gasteiger partial charge in [0.2, 0.25) is 0 Å². The monoisotopic (exact) mass is 188 g/mol. The predicted molar refractivity (Wildman–Crippen MR) is 46.6 cm³/mol. The molecule has 0 bridgehead atoms. The van der Waals surface area contributed by atoms with E-state index in [9.17, 15) is 9.59 Å². The van der Waals surface area contributed by atoms with E-state index in [0.717, 1.165) is 0 Å². The number of thiol groups is 2. The van der Waals surface area contributed by atoms with Crippen LogP contribution >= 0.6 is 37.7 Å². The lowest BCUT2D eigenvalue weighted by Gasteiger charge is -1.55. The lowest BCUT2D eigenvalue weighted by Crippen LogP contribution is -1.62. The zero-order chi connectivity index (χ0) is 7.15. The molecule has 0 saturated heterocycles. The van der Waals surface area contributed by atoms with Crippen molar-refractivity contribution in [3.05, 3.63) is 0 Å². The van der Waals surface area contributed by atoms with E-state index in [1.54, 1.807) is 0 Å². The SMILES string of the molecule is CC(=O)S.CC(=O)S.Cl. The van der Waals surface area contributed by atoms with E-state index in [2.05, 4.69) is 25.3 Å². The van der Waals surface area contributed by atoms with E-state index in [0.29, 0.717) is 0 Å². The Balaban J connectivity index is -0.0000000720. The maximum absolute atomic E-state index is 9.31. The quantitative estimate of drug-likeness (QED) is 0.563. The van der Waals surface area contributed by atoms with Crippen molar-refractivity contribution >= 4 is 47.9 Å². The van der Waals surface area contributed by atoms with Gasteiger partial charge in [-0.15, -0.1) is 37.7 Å². The third kappa shape index (κ3) is 3060. The molecule has 0 aromatic rings. The first-order chi connectivity index (χ1) is 3.46. The van der Waals surface area contributed by atoms with Crippen molar-refractivity contribution in [2.75, 3.05) is 0 Å². The van der Waals surface area contributed by atoms with Gasteiger partial charge in [0.1, 0.15) is 0 Å². The Morgan fingerprint density at radius 2 is 1.00 bits per heavy atom. The molecule has 0 aliphatic carbocycles. The third-order valence-corrected chi connectivity index (χ3v) is 0. The molecule has 0 atom stereocenters.